The molecule has 1 saturated heterocycles. The molecule has 0 spiro atoms. The summed E-state index contributed by atoms with van der Waals surface area (Å²) in [6, 6.07) is 6.90. The van der Waals surface area contributed by atoms with E-state index in [9.17, 15) is 19.2 Å². The number of carbonyl (C=O) groups is 4. The number of carbonyl (C=O) groups excluding carboxylic acids is 4. The molecule has 1 unspecified atom stereocenters. The van der Waals surface area contributed by atoms with Crippen molar-refractivity contribution in [1.29, 1.82) is 0 Å². The first-order valence-corrected chi connectivity index (χ1v) is 11.7. The molecule has 2 N–H and O–H groups in total. The lowest BCUT2D eigenvalue weighted by Crippen LogP contribution is -2.42. The fourth-order valence-electron chi connectivity index (χ4n) is 3.80. The minimum Gasteiger partial charge on any atom is -0.462 e. The van der Waals surface area contributed by atoms with E-state index in [0.29, 0.717) is 16.1 Å². The Morgan fingerprint density at radius 2 is 1.82 bits per heavy atom. The molecular formula is C24H29N3O5S. The van der Waals surface area contributed by atoms with Gasteiger partial charge in [-0.25, -0.2) is 9.59 Å². The van der Waals surface area contributed by atoms with Crippen molar-refractivity contribution in [2.45, 2.75) is 53.0 Å². The van der Waals surface area contributed by atoms with Crippen LogP contribution >= 0.6 is 11.3 Å². The second kappa shape index (κ2) is 9.74. The van der Waals surface area contributed by atoms with Crippen molar-refractivity contribution in [3.63, 3.8) is 0 Å². The van der Waals surface area contributed by atoms with E-state index in [0.717, 1.165) is 33.7 Å². The molecule has 3 rings (SSSR count). The molecule has 1 aromatic carbocycles. The Morgan fingerprint density at radius 1 is 1.15 bits per heavy atom. The van der Waals surface area contributed by atoms with Crippen molar-refractivity contribution in [2.75, 3.05) is 18.5 Å². The summed E-state index contributed by atoms with van der Waals surface area (Å²) in [5.74, 6) is -1.60. The molecule has 2 aromatic rings. The molecule has 1 aliphatic rings. The van der Waals surface area contributed by atoms with Crippen LogP contribution in [0, 0.1) is 13.8 Å². The maximum absolute atomic E-state index is 13.1. The number of urea groups is 1. The summed E-state index contributed by atoms with van der Waals surface area (Å²) < 4.78 is 5.10. The van der Waals surface area contributed by atoms with E-state index in [2.05, 4.69) is 17.6 Å². The summed E-state index contributed by atoms with van der Waals surface area (Å²) in [4.78, 5) is 52.6. The topological polar surface area (TPSA) is 105 Å². The molecule has 9 heteroatoms. The number of esters is 1. The van der Waals surface area contributed by atoms with Gasteiger partial charge in [0.15, 0.2) is 0 Å². The van der Waals surface area contributed by atoms with Crippen molar-refractivity contribution in [3.05, 3.63) is 51.4 Å². The molecule has 1 aliphatic heterocycles. The van der Waals surface area contributed by atoms with Gasteiger partial charge in [0.05, 0.1) is 12.2 Å². The van der Waals surface area contributed by atoms with Crippen LogP contribution in [0.4, 0.5) is 9.80 Å². The number of ether oxygens (including phenoxy) is 1. The van der Waals surface area contributed by atoms with Crippen molar-refractivity contribution in [2.24, 2.45) is 0 Å². The number of rotatable bonds is 8. The average Bonchev–Trinajstić information content (AvgIpc) is 3.16. The number of imide groups is 1. The van der Waals surface area contributed by atoms with Gasteiger partial charge >= 0.3 is 12.0 Å². The zero-order valence-electron chi connectivity index (χ0n) is 19.5. The fourth-order valence-corrected chi connectivity index (χ4v) is 4.87. The molecule has 0 bridgehead atoms. The highest BCUT2D eigenvalue weighted by molar-refractivity contribution is 7.16. The normalized spacial score (nSPS) is 17.8. The van der Waals surface area contributed by atoms with Crippen LogP contribution < -0.4 is 10.6 Å². The van der Waals surface area contributed by atoms with Gasteiger partial charge < -0.3 is 15.4 Å². The highest BCUT2D eigenvalue weighted by atomic mass is 32.1. The number of anilines is 1. The van der Waals surface area contributed by atoms with Gasteiger partial charge in [-0.3, -0.25) is 14.5 Å². The molecule has 0 aliphatic carbocycles. The summed E-state index contributed by atoms with van der Waals surface area (Å²) in [7, 11) is 0. The highest BCUT2D eigenvalue weighted by Gasteiger charge is 2.49. The number of nitrogens with zero attached hydrogens (tertiary/aromatic N) is 1. The lowest BCUT2D eigenvalue weighted by molar-refractivity contribution is -0.133. The van der Waals surface area contributed by atoms with Crippen LogP contribution in [-0.4, -0.2) is 41.9 Å². The SMILES string of the molecule is CCCc1ccc(C2(C)NC(=O)N(CC(=O)Nc3sc(C)c(C)c3C(=O)OCC)C2=O)cc1. The van der Waals surface area contributed by atoms with Gasteiger partial charge in [0.1, 0.15) is 17.1 Å². The van der Waals surface area contributed by atoms with Crippen molar-refractivity contribution < 1.29 is 23.9 Å². The van der Waals surface area contributed by atoms with Crippen LogP contribution in [0.2, 0.25) is 0 Å². The van der Waals surface area contributed by atoms with Crippen LogP contribution in [0.25, 0.3) is 0 Å². The number of nitrogens with one attached hydrogen (secondary N) is 2. The number of amides is 4. The van der Waals surface area contributed by atoms with Crippen molar-refractivity contribution in [1.82, 2.24) is 10.2 Å². The van der Waals surface area contributed by atoms with Crippen molar-refractivity contribution in [3.8, 4) is 0 Å². The first kappa shape index (κ1) is 24.4. The smallest absolute Gasteiger partial charge is 0.341 e. The molecule has 1 fully saturated rings. The first-order valence-electron chi connectivity index (χ1n) is 10.9. The van der Waals surface area contributed by atoms with E-state index in [1.54, 1.807) is 20.8 Å². The predicted octanol–water partition coefficient (Wildman–Crippen LogP) is 3.90. The monoisotopic (exact) mass is 471 g/mol. The largest absolute Gasteiger partial charge is 0.462 e. The van der Waals surface area contributed by atoms with E-state index >= 15 is 0 Å². The van der Waals surface area contributed by atoms with E-state index in [1.807, 2.05) is 31.2 Å². The molecule has 4 amide bonds. The third kappa shape index (κ3) is 4.78. The summed E-state index contributed by atoms with van der Waals surface area (Å²) in [6.07, 6.45) is 1.94. The second-order valence-corrected chi connectivity index (χ2v) is 9.37. The second-order valence-electron chi connectivity index (χ2n) is 8.15. The third-order valence-electron chi connectivity index (χ3n) is 5.76. The Balaban J connectivity index is 1.76. The van der Waals surface area contributed by atoms with Gasteiger partial charge in [0.2, 0.25) is 5.91 Å². The molecule has 8 nitrogen and oxygen atoms in total. The zero-order chi connectivity index (χ0) is 24.3. The maximum atomic E-state index is 13.1. The van der Waals surface area contributed by atoms with Gasteiger partial charge in [0, 0.05) is 4.88 Å². The Kier molecular flexibility index (Phi) is 7.22. The highest BCUT2D eigenvalue weighted by Crippen LogP contribution is 2.33. The summed E-state index contributed by atoms with van der Waals surface area (Å²) in [6.45, 7) is 8.79. The number of thiophene rings is 1. The molecule has 176 valence electrons. The Bertz CT molecular complexity index is 1090. The molecule has 0 saturated carbocycles. The zero-order valence-corrected chi connectivity index (χ0v) is 20.4. The van der Waals surface area contributed by atoms with Crippen LogP contribution in [0.15, 0.2) is 24.3 Å². The summed E-state index contributed by atoms with van der Waals surface area (Å²) in [5.41, 5.74) is 1.56. The van der Waals surface area contributed by atoms with Gasteiger partial charge in [-0.15, -0.1) is 11.3 Å². The van der Waals surface area contributed by atoms with Gasteiger partial charge in [-0.05, 0) is 50.8 Å². The van der Waals surface area contributed by atoms with E-state index in [4.69, 9.17) is 4.74 Å². The third-order valence-corrected chi connectivity index (χ3v) is 6.89. The number of hydrogen-bond donors (Lipinski definition) is 2. The predicted molar refractivity (Wildman–Crippen MR) is 126 cm³/mol. The lowest BCUT2D eigenvalue weighted by Gasteiger charge is -2.22. The molecule has 1 atom stereocenters. The molecule has 2 heterocycles. The maximum Gasteiger partial charge on any atom is 0.341 e. The molecule has 1 aromatic heterocycles. The Labute approximate surface area is 197 Å². The summed E-state index contributed by atoms with van der Waals surface area (Å²) >= 11 is 1.25. The van der Waals surface area contributed by atoms with Crippen molar-refractivity contribution >= 4 is 40.2 Å². The standard InChI is InChI=1S/C24H29N3O5S/c1-6-8-16-9-11-17(12-10-16)24(5)22(30)27(23(31)26-24)13-18(28)25-20-19(21(29)32-7-2)14(3)15(4)33-20/h9-12H,6-8,13H2,1-5H3,(H,25,28)(H,26,31). The molecule has 33 heavy (non-hydrogen) atoms. The van der Waals surface area contributed by atoms with E-state index in [1.165, 1.54) is 11.3 Å². The molecule has 0 radical (unpaired) electrons. The Morgan fingerprint density at radius 3 is 2.42 bits per heavy atom. The molecular weight excluding hydrogens is 442 g/mol. The van der Waals surface area contributed by atoms with Crippen LogP contribution in [-0.2, 0) is 26.3 Å². The van der Waals surface area contributed by atoms with Gasteiger partial charge in [-0.1, -0.05) is 37.6 Å². The Hall–Kier alpha value is -3.20. The minimum atomic E-state index is -1.26. The fraction of sp³-hybridized carbons (Fsp3) is 0.417. The van der Waals surface area contributed by atoms with Crippen LogP contribution in [0.5, 0.6) is 0 Å². The minimum absolute atomic E-state index is 0.209. The number of aryl methyl sites for hydroxylation is 2. The lowest BCUT2D eigenvalue weighted by atomic mass is 9.91. The van der Waals surface area contributed by atoms with Crippen LogP contribution in [0.3, 0.4) is 0 Å². The van der Waals surface area contributed by atoms with E-state index in [-0.39, 0.29) is 6.61 Å². The van der Waals surface area contributed by atoms with E-state index < -0.39 is 35.9 Å². The average molecular weight is 472 g/mol. The quantitative estimate of drug-likeness (QED) is 0.449. The first-order chi connectivity index (χ1) is 15.6. The number of benzene rings is 1. The summed E-state index contributed by atoms with van der Waals surface area (Å²) in [5, 5.41) is 5.73. The van der Waals surface area contributed by atoms with Crippen LogP contribution in [0.1, 0.15) is 59.1 Å². The van der Waals surface area contributed by atoms with Gasteiger partial charge in [-0.2, -0.15) is 0 Å². The number of hydrogen-bond acceptors (Lipinski definition) is 6. The van der Waals surface area contributed by atoms with Gasteiger partial charge in [0.25, 0.3) is 5.91 Å².